The van der Waals surface area contributed by atoms with Gasteiger partial charge in [-0.15, -0.1) is 0 Å². The summed E-state index contributed by atoms with van der Waals surface area (Å²) in [7, 11) is 1.31. The van der Waals surface area contributed by atoms with E-state index in [4.69, 9.17) is 22.9 Å². The average molecular weight is 1600 g/mol. The van der Waals surface area contributed by atoms with Crippen LogP contribution < -0.4 is 25.3 Å². The van der Waals surface area contributed by atoms with E-state index in [1.54, 1.807) is 5.30 Å². The van der Waals surface area contributed by atoms with Gasteiger partial charge in [0.1, 0.15) is 34.6 Å². The lowest BCUT2D eigenvalue weighted by molar-refractivity contribution is 0.00578. The van der Waals surface area contributed by atoms with Crippen LogP contribution in [0.5, 0.6) is 5.75 Å². The predicted molar refractivity (Wildman–Crippen MR) is 494 cm³/mol. The van der Waals surface area contributed by atoms with Crippen molar-refractivity contribution in [3.8, 4) is 28.0 Å². The van der Waals surface area contributed by atoms with Crippen molar-refractivity contribution in [2.75, 3.05) is 16.9 Å². The molecule has 0 amide bonds. The highest BCUT2D eigenvalue weighted by atomic mass is 79.9. The summed E-state index contributed by atoms with van der Waals surface area (Å²) in [5, 5.41) is 10.0. The van der Waals surface area contributed by atoms with Crippen molar-refractivity contribution < 1.29 is 22.9 Å². The van der Waals surface area contributed by atoms with Crippen LogP contribution in [0.4, 0.5) is 34.1 Å². The third kappa shape index (κ3) is 15.3. The first kappa shape index (κ1) is 75.8. The van der Waals surface area contributed by atoms with Crippen LogP contribution >= 0.6 is 23.9 Å². The summed E-state index contributed by atoms with van der Waals surface area (Å²) in [6, 6.07) is 105. The molecule has 13 aromatic carbocycles. The summed E-state index contributed by atoms with van der Waals surface area (Å²) in [4.78, 5) is 11.5. The third-order valence-corrected chi connectivity index (χ3v) is 28.2. The number of H-pyrrole nitrogens is 2. The van der Waals surface area contributed by atoms with Gasteiger partial charge in [-0.2, -0.15) is 0 Å². The number of rotatable bonds is 13. The van der Waals surface area contributed by atoms with E-state index in [9.17, 15) is 0 Å². The monoisotopic (exact) mass is 1600 g/mol. The standard InChI is InChI=1S/C36H24N2O.C30H27BNO3.C26H35OP.C12H8BrN/c1-2-8-26(9-3-1)38(28-19-21-36-32(23-28)30-11-5-7-13-35(30)39-36)27-17-14-24(15-18-27)25-16-20-34-31(22-25)29-10-4-6-12-33(29)37-34;1-29(2)30(3,4)35-31(34-29)21-14-16-23(17-15-21)32(22-10-6-5-7-11-22)24-18-19-28-26(20-24)25-12-8-9-13-27(25)33-28;1-20-12-11-18-24(27-2)26(20)23-17-9-10-19-25(23)28(21-13-5-3-6-14-21)22-15-7-4-8-16-22;13-8-5-6-12-10(7-8)9-3-1-2-4-11(9)14-12/h1-23,37H;5-8,10-20H,1-4H3;9-12,17-19,21-22H,3-8,13-16H2,1-2H3;1-7,14H/q;+1;;. The minimum absolute atomic E-state index is 0.122. The number of para-hydroxylation sites is 5. The van der Waals surface area contributed by atoms with Gasteiger partial charge in [0.05, 0.1) is 29.8 Å². The minimum atomic E-state index is -0.385. The lowest BCUT2D eigenvalue weighted by Gasteiger charge is -2.39. The normalized spacial score (nSPS) is 15.1. The topological polar surface area (TPSA) is 92.0 Å². The van der Waals surface area contributed by atoms with E-state index in [0.717, 1.165) is 111 Å². The zero-order valence-corrected chi connectivity index (χ0v) is 69.1. The van der Waals surface area contributed by atoms with Gasteiger partial charge < -0.3 is 42.6 Å². The lowest BCUT2D eigenvalue weighted by atomic mass is 9.79. The highest BCUT2D eigenvalue weighted by Gasteiger charge is 2.52. The Hall–Kier alpha value is -11.5. The average Bonchev–Trinajstić information content (AvgIpc) is 1.60. The van der Waals surface area contributed by atoms with E-state index in [0.29, 0.717) is 0 Å². The minimum Gasteiger partial charge on any atom is -0.496 e. The van der Waals surface area contributed by atoms with Crippen LogP contribution in [-0.2, 0) is 9.31 Å². The van der Waals surface area contributed by atoms with Crippen molar-refractivity contribution in [3.05, 3.63) is 331 Å². The maximum Gasteiger partial charge on any atom is 0.494 e. The van der Waals surface area contributed by atoms with Gasteiger partial charge in [0, 0.05) is 105 Å². The number of hydrogen-bond donors (Lipinski definition) is 2. The van der Waals surface area contributed by atoms with E-state index >= 15 is 0 Å². The van der Waals surface area contributed by atoms with E-state index in [-0.39, 0.29) is 26.2 Å². The molecule has 0 unspecified atom stereocenters. The number of hydrogen-bond acceptors (Lipinski definition) is 7. The van der Waals surface area contributed by atoms with Gasteiger partial charge in [-0.3, -0.25) is 0 Å². The fourth-order valence-corrected chi connectivity index (χ4v) is 21.9. The fraction of sp³-hybridized carbons (Fsp3) is 0.192. The molecule has 0 atom stereocenters. The van der Waals surface area contributed by atoms with Gasteiger partial charge in [0.15, 0.2) is 5.58 Å². The number of allylic oxidation sites excluding steroid dienone is 2. The van der Waals surface area contributed by atoms with Gasteiger partial charge in [0.2, 0.25) is 5.76 Å². The first-order chi connectivity index (χ1) is 56.8. The quantitative estimate of drug-likeness (QED) is 0.0675. The predicted octanol–water partition coefficient (Wildman–Crippen LogP) is 28.9. The maximum absolute atomic E-state index is 6.25. The summed E-state index contributed by atoms with van der Waals surface area (Å²) in [5.41, 5.74) is 23.6. The summed E-state index contributed by atoms with van der Waals surface area (Å²) in [5.74, 6) is 1.87. The van der Waals surface area contributed by atoms with Crippen molar-refractivity contribution in [2.24, 2.45) is 0 Å². The lowest BCUT2D eigenvalue weighted by Crippen LogP contribution is -2.41. The number of nitrogens with zero attached hydrogens (tertiary/aromatic N) is 2. The van der Waals surface area contributed by atoms with E-state index in [1.807, 2.05) is 49.6 Å². The van der Waals surface area contributed by atoms with Crippen molar-refractivity contribution in [1.29, 1.82) is 0 Å². The van der Waals surface area contributed by atoms with Crippen LogP contribution in [0.3, 0.4) is 0 Å². The van der Waals surface area contributed by atoms with E-state index < -0.39 is 0 Å². The molecule has 0 radical (unpaired) electrons. The zero-order valence-electron chi connectivity index (χ0n) is 66.6. The number of aryl methyl sites for hydroxylation is 1. The van der Waals surface area contributed by atoms with Crippen molar-refractivity contribution in [2.45, 2.75) is 121 Å². The number of benzene rings is 13. The Kier molecular flexibility index (Phi) is 21.6. The molecule has 116 heavy (non-hydrogen) atoms. The van der Waals surface area contributed by atoms with Gasteiger partial charge >= 0.3 is 7.12 Å². The zero-order chi connectivity index (χ0) is 78.9. The molecule has 1 aliphatic heterocycles. The molecule has 0 spiro atoms. The molecule has 1 saturated heterocycles. The number of aromatic nitrogens is 2. The third-order valence-electron chi connectivity index (χ3n) is 24.2. The van der Waals surface area contributed by atoms with Crippen LogP contribution in [0.1, 0.15) is 109 Å². The largest absolute Gasteiger partial charge is 0.496 e. The first-order valence-corrected chi connectivity index (χ1v) is 43.2. The molecule has 17 aromatic rings. The molecule has 4 aliphatic rings. The second-order valence-corrected chi connectivity index (χ2v) is 35.7. The number of anilines is 6. The number of ether oxygens (including phenoxy) is 1. The smallest absolute Gasteiger partial charge is 0.494 e. The molecule has 21 rings (SSSR count). The highest BCUT2D eigenvalue weighted by molar-refractivity contribution is 9.10. The molecule has 12 heteroatoms. The van der Waals surface area contributed by atoms with Crippen LogP contribution in [0.15, 0.2) is 317 Å². The van der Waals surface area contributed by atoms with Crippen LogP contribution in [0, 0.1) is 13.0 Å². The SMILES string of the molecule is Brc1ccc2[nH]c3ccccc3c2c1.CC1(C)OB(c2ccc(N(c3ccccc3)c3ccc4oc5c(c4c3)C=C[C+]=C5)cc2)OC1(C)C.COc1cccc(C)c1-c1ccccc1P(C1CCCCC1)C1CCCCC1.c1ccc(N(c2ccc(-c3ccc4[nH]c5ccccc5c4c3)cc2)c2ccc3oc4ccccc4c3c2)cc1. The number of furan rings is 2. The van der Waals surface area contributed by atoms with E-state index in [2.05, 4.69) is 349 Å². The Morgan fingerprint density at radius 3 is 1.54 bits per heavy atom. The second-order valence-electron chi connectivity index (χ2n) is 32.0. The molecule has 4 aromatic heterocycles. The Morgan fingerprint density at radius 2 is 0.922 bits per heavy atom. The molecule has 2 saturated carbocycles. The van der Waals surface area contributed by atoms with Crippen molar-refractivity contribution in [1.82, 2.24) is 9.97 Å². The molecule has 3 fully saturated rings. The van der Waals surface area contributed by atoms with Crippen molar-refractivity contribution in [3.63, 3.8) is 0 Å². The summed E-state index contributed by atoms with van der Waals surface area (Å²) in [6.45, 7) is 10.5. The van der Waals surface area contributed by atoms with Crippen LogP contribution in [-0.4, -0.2) is 46.7 Å². The summed E-state index contributed by atoms with van der Waals surface area (Å²) < 4.78 is 31.6. The molecule has 9 nitrogen and oxygen atoms in total. The maximum atomic E-state index is 6.25. The molecule has 3 aliphatic carbocycles. The Morgan fingerprint density at radius 1 is 0.431 bits per heavy atom. The van der Waals surface area contributed by atoms with Crippen LogP contribution in [0.2, 0.25) is 0 Å². The number of aromatic amines is 2. The molecular formula is C104H94BBrN4O5P+. The second kappa shape index (κ2) is 33.0. The molecular weight excluding hydrogens is 1510 g/mol. The molecule has 0 bridgehead atoms. The van der Waals surface area contributed by atoms with E-state index in [1.165, 1.54) is 130 Å². The van der Waals surface area contributed by atoms with Gasteiger partial charge in [-0.1, -0.05) is 220 Å². The Balaban J connectivity index is 0.000000112. The van der Waals surface area contributed by atoms with Crippen LogP contribution in [0.25, 0.3) is 111 Å². The highest BCUT2D eigenvalue weighted by Crippen LogP contribution is 2.57. The summed E-state index contributed by atoms with van der Waals surface area (Å²) >= 11 is 3.49. The number of nitrogens with one attached hydrogen (secondary N) is 2. The number of halogens is 1. The fourth-order valence-electron chi connectivity index (χ4n) is 17.6. The summed E-state index contributed by atoms with van der Waals surface area (Å²) in [6.07, 6.45) is 23.4. The molecule has 574 valence electrons. The Bertz CT molecular complexity index is 6390. The van der Waals surface area contributed by atoms with Crippen molar-refractivity contribution >= 4 is 165 Å². The number of methoxy groups -OCH3 is 1. The number of fused-ring (bicyclic) bond motifs is 12. The van der Waals surface area contributed by atoms with Gasteiger partial charge in [-0.25, -0.2) is 0 Å². The van der Waals surface area contributed by atoms with Gasteiger partial charge in [0.25, 0.3) is 0 Å². The molecule has 5 heterocycles. The first-order valence-electron chi connectivity index (χ1n) is 41.0. The van der Waals surface area contributed by atoms with Gasteiger partial charge in [-0.05, 0) is 244 Å². The Labute approximate surface area is 689 Å². The molecule has 2 N–H and O–H groups in total.